The van der Waals surface area contributed by atoms with Gasteiger partial charge in [0, 0.05) is 11.3 Å². The molecular weight excluding hydrogens is 268 g/mol. The minimum atomic E-state index is -0.340. The van der Waals surface area contributed by atoms with E-state index in [0.29, 0.717) is 11.5 Å². The molecule has 0 fully saturated rings. The summed E-state index contributed by atoms with van der Waals surface area (Å²) in [5.41, 5.74) is 8.78. The number of aromatic nitrogens is 2. The first-order chi connectivity index (χ1) is 10.2. The Morgan fingerprint density at radius 2 is 2.14 bits per heavy atom. The molecule has 3 rings (SSSR count). The average molecular weight is 282 g/mol. The van der Waals surface area contributed by atoms with Crippen LogP contribution in [-0.2, 0) is 6.42 Å². The van der Waals surface area contributed by atoms with E-state index in [0.717, 1.165) is 23.2 Å². The van der Waals surface area contributed by atoms with Gasteiger partial charge < -0.3 is 15.6 Å². The molecule has 0 spiro atoms. The van der Waals surface area contributed by atoms with E-state index in [9.17, 15) is 10.4 Å². The first kappa shape index (κ1) is 13.1. The van der Waals surface area contributed by atoms with E-state index in [1.54, 1.807) is 24.3 Å². The Morgan fingerprint density at radius 3 is 2.76 bits per heavy atom. The molecule has 1 aromatic heterocycles. The number of aromatic hydroxyl groups is 1. The lowest BCUT2D eigenvalue weighted by molar-refractivity contribution is 0.378. The number of hydrogen-bond acceptors (Lipinski definition) is 5. The normalized spacial score (nSPS) is 17.0. The van der Waals surface area contributed by atoms with Crippen molar-refractivity contribution >= 4 is 0 Å². The zero-order valence-electron chi connectivity index (χ0n) is 11.4. The van der Waals surface area contributed by atoms with Crippen LogP contribution in [0, 0.1) is 11.3 Å². The number of allylic oxidation sites excluding steroid dienone is 1. The van der Waals surface area contributed by atoms with Crippen LogP contribution in [0.2, 0.25) is 0 Å². The number of rotatable bonds is 2. The van der Waals surface area contributed by atoms with E-state index in [4.69, 9.17) is 10.5 Å². The number of nitrogens with one attached hydrogen (secondary N) is 1. The van der Waals surface area contributed by atoms with E-state index >= 15 is 0 Å². The number of nitrogens with two attached hydrogens (primary N) is 1. The van der Waals surface area contributed by atoms with Crippen LogP contribution in [0.25, 0.3) is 0 Å². The Hall–Kier alpha value is -2.94. The maximum Gasteiger partial charge on any atom is 0.244 e. The van der Waals surface area contributed by atoms with Crippen molar-refractivity contribution in [2.45, 2.75) is 19.3 Å². The first-order valence-corrected chi connectivity index (χ1v) is 6.59. The highest BCUT2D eigenvalue weighted by Crippen LogP contribution is 2.42. The van der Waals surface area contributed by atoms with Crippen molar-refractivity contribution in [3.05, 3.63) is 52.5 Å². The molecule has 0 saturated carbocycles. The molecule has 106 valence electrons. The monoisotopic (exact) mass is 282 g/mol. The number of nitrogens with zero attached hydrogens (tertiary/aromatic N) is 2. The highest BCUT2D eigenvalue weighted by molar-refractivity contribution is 5.55. The van der Waals surface area contributed by atoms with Gasteiger partial charge in [0.1, 0.15) is 17.4 Å². The second-order valence-electron chi connectivity index (χ2n) is 4.79. The lowest BCUT2D eigenvalue weighted by atomic mass is 9.83. The summed E-state index contributed by atoms with van der Waals surface area (Å²) in [6.45, 7) is 2.00. The fraction of sp³-hybridized carbons (Fsp3) is 0.200. The van der Waals surface area contributed by atoms with Crippen LogP contribution in [0.4, 0.5) is 0 Å². The van der Waals surface area contributed by atoms with Gasteiger partial charge in [0.25, 0.3) is 0 Å². The molecular formula is C15H14N4O2. The van der Waals surface area contributed by atoms with Gasteiger partial charge in [-0.3, -0.25) is 5.10 Å². The van der Waals surface area contributed by atoms with Crippen molar-refractivity contribution < 1.29 is 9.84 Å². The van der Waals surface area contributed by atoms with Crippen LogP contribution in [0.3, 0.4) is 0 Å². The molecule has 0 amide bonds. The summed E-state index contributed by atoms with van der Waals surface area (Å²) < 4.78 is 5.44. The number of phenolic OH excluding ortho intramolecular Hbond substituents is 1. The van der Waals surface area contributed by atoms with Gasteiger partial charge in [-0.15, -0.1) is 5.10 Å². The molecule has 0 bridgehead atoms. The Morgan fingerprint density at radius 1 is 1.43 bits per heavy atom. The number of phenols is 1. The van der Waals surface area contributed by atoms with Gasteiger partial charge in [0.15, 0.2) is 0 Å². The topological polar surface area (TPSA) is 108 Å². The third kappa shape index (κ3) is 1.99. The van der Waals surface area contributed by atoms with E-state index < -0.39 is 0 Å². The van der Waals surface area contributed by atoms with Gasteiger partial charge in [-0.2, -0.15) is 5.26 Å². The second kappa shape index (κ2) is 4.87. The number of aryl methyl sites for hydroxylation is 1. The van der Waals surface area contributed by atoms with Crippen LogP contribution in [0.15, 0.2) is 35.7 Å². The number of aromatic amines is 1. The fourth-order valence-corrected chi connectivity index (χ4v) is 2.58. The largest absolute Gasteiger partial charge is 0.508 e. The molecule has 2 heterocycles. The summed E-state index contributed by atoms with van der Waals surface area (Å²) in [6, 6.07) is 8.83. The molecule has 21 heavy (non-hydrogen) atoms. The Labute approximate surface area is 121 Å². The van der Waals surface area contributed by atoms with Crippen molar-refractivity contribution in [1.29, 1.82) is 5.26 Å². The molecule has 1 aromatic carbocycles. The van der Waals surface area contributed by atoms with Crippen molar-refractivity contribution in [3.63, 3.8) is 0 Å². The minimum Gasteiger partial charge on any atom is -0.508 e. The maximum atomic E-state index is 9.44. The number of fused-ring (bicyclic) bond motifs is 1. The fourth-order valence-electron chi connectivity index (χ4n) is 2.58. The van der Waals surface area contributed by atoms with Crippen molar-refractivity contribution in [3.8, 4) is 17.7 Å². The predicted octanol–water partition coefficient (Wildman–Crippen LogP) is 1.90. The van der Waals surface area contributed by atoms with E-state index in [2.05, 4.69) is 16.3 Å². The zero-order valence-corrected chi connectivity index (χ0v) is 11.4. The molecule has 1 aliphatic rings. The summed E-state index contributed by atoms with van der Waals surface area (Å²) in [4.78, 5) is 0. The highest BCUT2D eigenvalue weighted by atomic mass is 16.5. The highest BCUT2D eigenvalue weighted by Gasteiger charge is 2.34. The zero-order chi connectivity index (χ0) is 15.0. The minimum absolute atomic E-state index is 0.0669. The number of ether oxygens (including phenoxy) is 1. The van der Waals surface area contributed by atoms with E-state index in [-0.39, 0.29) is 17.6 Å². The lowest BCUT2D eigenvalue weighted by Gasteiger charge is -2.23. The van der Waals surface area contributed by atoms with Gasteiger partial charge in [-0.1, -0.05) is 19.1 Å². The van der Waals surface area contributed by atoms with Crippen molar-refractivity contribution in [2.24, 2.45) is 5.73 Å². The Bertz CT molecular complexity index is 753. The molecule has 1 unspecified atom stereocenters. The van der Waals surface area contributed by atoms with Crippen LogP contribution in [0.5, 0.6) is 11.6 Å². The standard InChI is InChI=1S/C15H14N4O2/c1-2-11-13-12(8-3-5-9(20)6-4-8)10(7-16)14(17)21-15(13)19-18-11/h3-6,12,20H,2,17H2,1H3,(H,18,19). The van der Waals surface area contributed by atoms with Gasteiger partial charge in [-0.05, 0) is 24.1 Å². The van der Waals surface area contributed by atoms with Gasteiger partial charge >= 0.3 is 0 Å². The number of H-pyrrole nitrogens is 1. The second-order valence-corrected chi connectivity index (χ2v) is 4.79. The summed E-state index contributed by atoms with van der Waals surface area (Å²) in [6.07, 6.45) is 0.735. The van der Waals surface area contributed by atoms with E-state index in [1.807, 2.05) is 6.92 Å². The number of hydrogen-bond donors (Lipinski definition) is 3. The third-order valence-corrected chi connectivity index (χ3v) is 3.60. The first-order valence-electron chi connectivity index (χ1n) is 6.59. The van der Waals surface area contributed by atoms with Crippen LogP contribution < -0.4 is 10.5 Å². The van der Waals surface area contributed by atoms with Crippen LogP contribution >= 0.6 is 0 Å². The van der Waals surface area contributed by atoms with Crippen LogP contribution in [-0.4, -0.2) is 15.3 Å². The third-order valence-electron chi connectivity index (χ3n) is 3.60. The van der Waals surface area contributed by atoms with Gasteiger partial charge in [-0.25, -0.2) is 0 Å². The quantitative estimate of drug-likeness (QED) is 0.779. The summed E-state index contributed by atoms with van der Waals surface area (Å²) in [7, 11) is 0. The van der Waals surface area contributed by atoms with E-state index in [1.165, 1.54) is 0 Å². The SMILES string of the molecule is CCc1[nH]nc2c1C(c1ccc(O)cc1)C(C#N)=C(N)O2. The van der Waals surface area contributed by atoms with Crippen molar-refractivity contribution in [2.75, 3.05) is 0 Å². The maximum absolute atomic E-state index is 9.44. The van der Waals surface area contributed by atoms with Gasteiger partial charge in [0.2, 0.25) is 11.8 Å². The lowest BCUT2D eigenvalue weighted by Crippen LogP contribution is -2.21. The molecule has 0 saturated heterocycles. The molecule has 6 heteroatoms. The Kier molecular flexibility index (Phi) is 3.03. The molecule has 0 aliphatic carbocycles. The molecule has 6 nitrogen and oxygen atoms in total. The summed E-state index contributed by atoms with van der Waals surface area (Å²) in [5, 5.41) is 25.9. The van der Waals surface area contributed by atoms with Crippen LogP contribution in [0.1, 0.15) is 29.7 Å². The molecule has 0 radical (unpaired) electrons. The molecule has 2 aromatic rings. The molecule has 1 atom stereocenters. The molecule has 1 aliphatic heterocycles. The van der Waals surface area contributed by atoms with Gasteiger partial charge in [0.05, 0.1) is 5.92 Å². The molecule has 4 N–H and O–H groups in total. The smallest absolute Gasteiger partial charge is 0.244 e. The summed E-state index contributed by atoms with van der Waals surface area (Å²) in [5.74, 6) is 0.302. The summed E-state index contributed by atoms with van der Waals surface area (Å²) >= 11 is 0. The number of benzene rings is 1. The van der Waals surface area contributed by atoms with Crippen molar-refractivity contribution in [1.82, 2.24) is 10.2 Å². The Balaban J connectivity index is 2.22. The predicted molar refractivity (Wildman–Crippen MR) is 75.4 cm³/mol. The number of nitriles is 1. The average Bonchev–Trinajstić information content (AvgIpc) is 2.89.